The van der Waals surface area contributed by atoms with Crippen molar-refractivity contribution in [3.8, 4) is 0 Å². The summed E-state index contributed by atoms with van der Waals surface area (Å²) in [6, 6.07) is 0. The predicted octanol–water partition coefficient (Wildman–Crippen LogP) is 5.19. The molecule has 3 heteroatoms. The molecule has 0 saturated heterocycles. The molecule has 0 radical (unpaired) electrons. The maximum Gasteiger partial charge on any atom is 0.333 e. The van der Waals surface area contributed by atoms with E-state index in [1.165, 1.54) is 25.7 Å². The monoisotopic (exact) mass is 271 g/mol. The second-order valence-corrected chi connectivity index (χ2v) is 5.61. The fourth-order valence-corrected chi connectivity index (χ4v) is 1.93. The van der Waals surface area contributed by atoms with Crippen molar-refractivity contribution in [3.63, 3.8) is 0 Å². The lowest BCUT2D eigenvalue weighted by atomic mass is 9.99. The van der Waals surface area contributed by atoms with Gasteiger partial charge in [-0.05, 0) is 40.0 Å². The van der Waals surface area contributed by atoms with E-state index < -0.39 is 0 Å². The van der Waals surface area contributed by atoms with Gasteiger partial charge in [-0.25, -0.2) is 4.79 Å². The molecule has 3 N–H and O–H groups in total. The molecule has 0 aliphatic carbocycles. The number of carbonyl (C=O) groups is 1. The Labute approximate surface area is 119 Å². The molecule has 0 aromatic rings. The van der Waals surface area contributed by atoms with Crippen molar-refractivity contribution in [3.05, 3.63) is 11.6 Å². The Morgan fingerprint density at radius 2 is 1.68 bits per heavy atom. The summed E-state index contributed by atoms with van der Waals surface area (Å²) < 4.78 is 5.55. The van der Waals surface area contributed by atoms with E-state index in [1.54, 1.807) is 0 Å². The number of ether oxygens (including phenoxy) is 1. The van der Waals surface area contributed by atoms with E-state index in [0.29, 0.717) is 0 Å². The van der Waals surface area contributed by atoms with Crippen molar-refractivity contribution in [1.82, 2.24) is 6.15 Å². The molecule has 19 heavy (non-hydrogen) atoms. The first-order valence-electron chi connectivity index (χ1n) is 7.33. The van der Waals surface area contributed by atoms with Crippen molar-refractivity contribution in [2.45, 2.75) is 85.2 Å². The summed E-state index contributed by atoms with van der Waals surface area (Å²) in [5.74, 6) is -0.171. The number of carbonyl (C=O) groups excluding carboxylic acids is 1. The highest BCUT2D eigenvalue weighted by Crippen LogP contribution is 2.20. The third-order valence-electron chi connectivity index (χ3n) is 3.08. The van der Waals surface area contributed by atoms with E-state index >= 15 is 0 Å². The van der Waals surface area contributed by atoms with Crippen molar-refractivity contribution >= 4 is 5.97 Å². The molecule has 0 unspecified atom stereocenters. The van der Waals surface area contributed by atoms with E-state index in [1.807, 2.05) is 33.8 Å². The number of allylic oxidation sites excluding steroid dienone is 1. The van der Waals surface area contributed by atoms with E-state index in [0.717, 1.165) is 24.8 Å². The molecular formula is C16H33NO2. The number of esters is 1. The highest BCUT2D eigenvalue weighted by Gasteiger charge is 2.22. The van der Waals surface area contributed by atoms with Crippen LogP contribution in [0.15, 0.2) is 11.6 Å². The minimum absolute atomic E-state index is 0. The molecule has 0 bridgehead atoms. The molecular weight excluding hydrogens is 238 g/mol. The summed E-state index contributed by atoms with van der Waals surface area (Å²) in [6.45, 7) is 10.1. The normalized spacial score (nSPS) is 11.9. The molecule has 0 spiro atoms. The third-order valence-corrected chi connectivity index (χ3v) is 3.08. The fourth-order valence-electron chi connectivity index (χ4n) is 1.93. The maximum atomic E-state index is 11.8. The molecule has 0 saturated carbocycles. The van der Waals surface area contributed by atoms with Gasteiger partial charge in [0.15, 0.2) is 0 Å². The largest absolute Gasteiger partial charge is 0.456 e. The smallest absolute Gasteiger partial charge is 0.333 e. The third kappa shape index (κ3) is 10.8. The van der Waals surface area contributed by atoms with Gasteiger partial charge < -0.3 is 10.9 Å². The Bertz CT molecular complexity index is 270. The van der Waals surface area contributed by atoms with Crippen LogP contribution in [0, 0.1) is 0 Å². The SMILES string of the molecule is CC/C=C(\C)C(=O)OC(C)(C)CCCCCCC.N. The molecule has 0 aromatic heterocycles. The van der Waals surface area contributed by atoms with Crippen molar-refractivity contribution in [2.75, 3.05) is 0 Å². The zero-order valence-corrected chi connectivity index (χ0v) is 13.6. The average molecular weight is 271 g/mol. The molecule has 0 atom stereocenters. The lowest BCUT2D eigenvalue weighted by Gasteiger charge is -2.25. The summed E-state index contributed by atoms with van der Waals surface area (Å²) in [6.07, 6.45) is 9.96. The van der Waals surface area contributed by atoms with Crippen molar-refractivity contribution in [1.29, 1.82) is 0 Å². The van der Waals surface area contributed by atoms with Gasteiger partial charge in [0.1, 0.15) is 5.60 Å². The topological polar surface area (TPSA) is 61.3 Å². The van der Waals surface area contributed by atoms with Crippen LogP contribution in [-0.4, -0.2) is 11.6 Å². The number of rotatable bonds is 9. The van der Waals surface area contributed by atoms with Gasteiger partial charge in [0.05, 0.1) is 0 Å². The van der Waals surface area contributed by atoms with Gasteiger partial charge in [0, 0.05) is 5.57 Å². The van der Waals surface area contributed by atoms with Gasteiger partial charge in [-0.1, -0.05) is 45.6 Å². The number of hydrogen-bond donors (Lipinski definition) is 1. The highest BCUT2D eigenvalue weighted by atomic mass is 16.6. The molecule has 0 aliphatic heterocycles. The van der Waals surface area contributed by atoms with Gasteiger partial charge in [-0.3, -0.25) is 0 Å². The van der Waals surface area contributed by atoms with Gasteiger partial charge in [0.25, 0.3) is 0 Å². The van der Waals surface area contributed by atoms with Crippen LogP contribution in [0.5, 0.6) is 0 Å². The van der Waals surface area contributed by atoms with Crippen LogP contribution in [0.25, 0.3) is 0 Å². The second kappa shape index (κ2) is 11.0. The first-order valence-corrected chi connectivity index (χ1v) is 7.33. The average Bonchev–Trinajstić information content (AvgIpc) is 2.28. The summed E-state index contributed by atoms with van der Waals surface area (Å²) in [5.41, 5.74) is 0.378. The van der Waals surface area contributed by atoms with Crippen LogP contribution in [-0.2, 0) is 9.53 Å². The van der Waals surface area contributed by atoms with Gasteiger partial charge >= 0.3 is 5.97 Å². The van der Waals surface area contributed by atoms with Crippen molar-refractivity contribution < 1.29 is 9.53 Å². The van der Waals surface area contributed by atoms with E-state index in [4.69, 9.17) is 4.74 Å². The maximum absolute atomic E-state index is 11.8. The molecule has 0 aliphatic rings. The minimum atomic E-state index is -0.341. The molecule has 0 fully saturated rings. The van der Waals surface area contributed by atoms with Gasteiger partial charge in [-0.2, -0.15) is 0 Å². The Kier molecular flexibility index (Phi) is 11.9. The minimum Gasteiger partial charge on any atom is -0.456 e. The summed E-state index contributed by atoms with van der Waals surface area (Å²) in [7, 11) is 0. The Balaban J connectivity index is 0. The van der Waals surface area contributed by atoms with Crippen LogP contribution in [0.1, 0.15) is 79.6 Å². The van der Waals surface area contributed by atoms with Gasteiger partial charge in [-0.15, -0.1) is 0 Å². The summed E-state index contributed by atoms with van der Waals surface area (Å²) in [5, 5.41) is 0. The first kappa shape index (κ1) is 20.5. The molecule has 0 aromatic carbocycles. The van der Waals surface area contributed by atoms with Crippen LogP contribution in [0.3, 0.4) is 0 Å². The van der Waals surface area contributed by atoms with Crippen LogP contribution in [0.4, 0.5) is 0 Å². The van der Waals surface area contributed by atoms with Crippen LogP contribution < -0.4 is 6.15 Å². The molecule has 114 valence electrons. The quantitative estimate of drug-likeness (QED) is 0.357. The lowest BCUT2D eigenvalue weighted by Crippen LogP contribution is -2.28. The van der Waals surface area contributed by atoms with E-state index in [9.17, 15) is 4.79 Å². The number of unbranched alkanes of at least 4 members (excludes halogenated alkanes) is 4. The summed E-state index contributed by atoms with van der Waals surface area (Å²) >= 11 is 0. The zero-order valence-electron chi connectivity index (χ0n) is 13.6. The zero-order chi connectivity index (χ0) is 14.0. The Morgan fingerprint density at radius 3 is 2.21 bits per heavy atom. The van der Waals surface area contributed by atoms with E-state index in [-0.39, 0.29) is 17.7 Å². The molecule has 0 rings (SSSR count). The second-order valence-electron chi connectivity index (χ2n) is 5.61. The van der Waals surface area contributed by atoms with Crippen molar-refractivity contribution in [2.24, 2.45) is 0 Å². The lowest BCUT2D eigenvalue weighted by molar-refractivity contribution is -0.152. The first-order chi connectivity index (χ1) is 8.43. The van der Waals surface area contributed by atoms with Crippen LogP contribution in [0.2, 0.25) is 0 Å². The number of hydrogen-bond acceptors (Lipinski definition) is 3. The predicted molar refractivity (Wildman–Crippen MR) is 82.6 cm³/mol. The fraction of sp³-hybridized carbons (Fsp3) is 0.812. The standard InChI is InChI=1S/C16H30O2.H3N/c1-6-8-9-10-11-13-16(4,5)18-15(17)14(3)12-7-2;/h12H,6-11,13H2,1-5H3;1H3/b14-12+;. The van der Waals surface area contributed by atoms with Gasteiger partial charge in [0.2, 0.25) is 0 Å². The van der Waals surface area contributed by atoms with E-state index in [2.05, 4.69) is 6.92 Å². The summed E-state index contributed by atoms with van der Waals surface area (Å²) in [4.78, 5) is 11.8. The Hall–Kier alpha value is -0.830. The highest BCUT2D eigenvalue weighted by molar-refractivity contribution is 5.87. The molecule has 3 nitrogen and oxygen atoms in total. The van der Waals surface area contributed by atoms with Crippen LogP contribution >= 0.6 is 0 Å². The molecule has 0 amide bonds. The molecule has 0 heterocycles. The Morgan fingerprint density at radius 1 is 1.11 bits per heavy atom.